The van der Waals surface area contributed by atoms with Crippen LogP contribution in [0.2, 0.25) is 0 Å². The van der Waals surface area contributed by atoms with E-state index < -0.39 is 4.92 Å². The monoisotopic (exact) mass is 195 g/mol. The molecule has 0 atom stereocenters. The lowest BCUT2D eigenvalue weighted by Gasteiger charge is -2.04. The number of rotatable bonds is 3. The van der Waals surface area contributed by atoms with Crippen molar-refractivity contribution in [3.63, 3.8) is 0 Å². The van der Waals surface area contributed by atoms with Crippen molar-refractivity contribution in [2.24, 2.45) is 0 Å². The van der Waals surface area contributed by atoms with Crippen LogP contribution in [0, 0.1) is 10.1 Å². The third-order valence-corrected chi connectivity index (χ3v) is 1.89. The minimum absolute atomic E-state index is 0.209. The highest BCUT2D eigenvalue weighted by Crippen LogP contribution is 2.31. The van der Waals surface area contributed by atoms with Crippen molar-refractivity contribution in [2.45, 2.75) is 18.9 Å². The van der Waals surface area contributed by atoms with Gasteiger partial charge in [-0.15, -0.1) is 0 Å². The summed E-state index contributed by atoms with van der Waals surface area (Å²) < 4.78 is 5.38. The zero-order valence-corrected chi connectivity index (χ0v) is 7.34. The molecule has 1 saturated carbocycles. The van der Waals surface area contributed by atoms with Gasteiger partial charge < -0.3 is 20.6 Å². The molecule has 1 aliphatic carbocycles. The van der Waals surface area contributed by atoms with Gasteiger partial charge in [-0.1, -0.05) is 0 Å². The molecule has 0 radical (unpaired) electrons. The molecular formula is C8H9N3O3. The van der Waals surface area contributed by atoms with E-state index in [1.165, 1.54) is 12.3 Å². The Morgan fingerprint density at radius 2 is 2.36 bits per heavy atom. The minimum Gasteiger partial charge on any atom is -0.484 e. The van der Waals surface area contributed by atoms with Crippen molar-refractivity contribution in [3.8, 4) is 5.75 Å². The van der Waals surface area contributed by atoms with E-state index >= 15 is 0 Å². The fraction of sp³-hybridized carbons (Fsp3) is 0.375. The number of anilines is 1. The summed E-state index contributed by atoms with van der Waals surface area (Å²) >= 11 is 0. The summed E-state index contributed by atoms with van der Waals surface area (Å²) in [5, 5.41) is 10.3. The molecule has 1 aliphatic rings. The summed E-state index contributed by atoms with van der Waals surface area (Å²) in [5.74, 6) is 0.170. The molecule has 0 spiro atoms. The lowest BCUT2D eigenvalue weighted by Crippen LogP contribution is -2.02. The van der Waals surface area contributed by atoms with Crippen LogP contribution in [-0.2, 0) is 0 Å². The summed E-state index contributed by atoms with van der Waals surface area (Å²) in [6.45, 7) is 0. The van der Waals surface area contributed by atoms with Crippen molar-refractivity contribution < 1.29 is 9.66 Å². The van der Waals surface area contributed by atoms with E-state index in [4.69, 9.17) is 10.5 Å². The van der Waals surface area contributed by atoms with Gasteiger partial charge in [0.1, 0.15) is 0 Å². The van der Waals surface area contributed by atoms with Crippen molar-refractivity contribution in [2.75, 3.05) is 5.73 Å². The van der Waals surface area contributed by atoms with Gasteiger partial charge in [-0.25, -0.2) is 0 Å². The molecule has 0 aromatic carbocycles. The number of nitro groups is 1. The lowest BCUT2D eigenvalue weighted by atomic mass is 10.4. The number of nitrogens with zero attached hydrogens (tertiary/aromatic N) is 2. The first kappa shape index (κ1) is 8.74. The summed E-state index contributed by atoms with van der Waals surface area (Å²) in [4.78, 5) is 13.4. The second kappa shape index (κ2) is 3.13. The van der Waals surface area contributed by atoms with Crippen LogP contribution < -0.4 is 10.5 Å². The zero-order chi connectivity index (χ0) is 10.1. The SMILES string of the molecule is Nc1cc([N+](=O)[O-])ncc1OC1CC1. The van der Waals surface area contributed by atoms with Gasteiger partial charge in [-0.05, 0) is 22.7 Å². The molecule has 0 amide bonds. The van der Waals surface area contributed by atoms with E-state index in [0.29, 0.717) is 5.75 Å². The van der Waals surface area contributed by atoms with Crippen LogP contribution in [-0.4, -0.2) is 16.0 Å². The Hall–Kier alpha value is -1.85. The number of nitrogen functional groups attached to an aromatic ring is 1. The van der Waals surface area contributed by atoms with E-state index in [9.17, 15) is 10.1 Å². The number of pyridine rings is 1. The average Bonchev–Trinajstić information content (AvgIpc) is 2.92. The summed E-state index contributed by atoms with van der Waals surface area (Å²) in [6.07, 6.45) is 3.53. The normalized spacial score (nSPS) is 15.1. The quantitative estimate of drug-likeness (QED) is 0.576. The van der Waals surface area contributed by atoms with Crippen LogP contribution in [0.1, 0.15) is 12.8 Å². The summed E-state index contributed by atoms with van der Waals surface area (Å²) in [6, 6.07) is 1.21. The van der Waals surface area contributed by atoms with E-state index in [0.717, 1.165) is 12.8 Å². The lowest BCUT2D eigenvalue weighted by molar-refractivity contribution is -0.389. The van der Waals surface area contributed by atoms with Crippen molar-refractivity contribution in [1.29, 1.82) is 0 Å². The second-order valence-electron chi connectivity index (χ2n) is 3.15. The highest BCUT2D eigenvalue weighted by atomic mass is 16.6. The molecule has 6 heteroatoms. The Bertz CT molecular complexity index is 376. The smallest absolute Gasteiger partial charge is 0.365 e. The van der Waals surface area contributed by atoms with Gasteiger partial charge in [0.2, 0.25) is 0 Å². The predicted octanol–water partition coefficient (Wildman–Crippen LogP) is 1.11. The Kier molecular flexibility index (Phi) is 1.95. The van der Waals surface area contributed by atoms with E-state index in [1.54, 1.807) is 0 Å². The van der Waals surface area contributed by atoms with Crippen molar-refractivity contribution >= 4 is 11.5 Å². The van der Waals surface area contributed by atoms with E-state index in [2.05, 4.69) is 4.98 Å². The number of aromatic nitrogens is 1. The number of hydrogen-bond donors (Lipinski definition) is 1. The fourth-order valence-electron chi connectivity index (χ4n) is 1.01. The average molecular weight is 195 g/mol. The molecule has 0 bridgehead atoms. The number of nitrogens with two attached hydrogens (primary N) is 1. The molecule has 0 aliphatic heterocycles. The zero-order valence-electron chi connectivity index (χ0n) is 7.34. The Morgan fingerprint density at radius 1 is 1.64 bits per heavy atom. The largest absolute Gasteiger partial charge is 0.484 e. The predicted molar refractivity (Wildman–Crippen MR) is 49.0 cm³/mol. The standard InChI is InChI=1S/C8H9N3O3/c9-6-3-8(11(12)13)10-4-7(6)14-5-1-2-5/h3-5H,1-2H2,(H2,9,10). The van der Waals surface area contributed by atoms with Crippen LogP contribution in [0.25, 0.3) is 0 Å². The van der Waals surface area contributed by atoms with Gasteiger partial charge in [0.25, 0.3) is 0 Å². The minimum atomic E-state index is -0.586. The van der Waals surface area contributed by atoms with Crippen LogP contribution in [0.3, 0.4) is 0 Å². The molecule has 0 saturated heterocycles. The maximum absolute atomic E-state index is 10.3. The second-order valence-corrected chi connectivity index (χ2v) is 3.15. The Morgan fingerprint density at radius 3 is 2.86 bits per heavy atom. The first-order chi connectivity index (χ1) is 6.66. The molecule has 1 aromatic heterocycles. The fourth-order valence-corrected chi connectivity index (χ4v) is 1.01. The van der Waals surface area contributed by atoms with Crippen LogP contribution in [0.5, 0.6) is 5.75 Å². The number of hydrogen-bond acceptors (Lipinski definition) is 5. The third kappa shape index (κ3) is 1.73. The molecular weight excluding hydrogens is 186 g/mol. The molecule has 1 aromatic rings. The van der Waals surface area contributed by atoms with Gasteiger partial charge in [0, 0.05) is 0 Å². The first-order valence-electron chi connectivity index (χ1n) is 4.23. The van der Waals surface area contributed by atoms with Gasteiger partial charge in [0.15, 0.2) is 11.9 Å². The van der Waals surface area contributed by atoms with Gasteiger partial charge in [-0.3, -0.25) is 0 Å². The van der Waals surface area contributed by atoms with Crippen LogP contribution in [0.15, 0.2) is 12.3 Å². The Labute approximate surface area is 79.8 Å². The van der Waals surface area contributed by atoms with E-state index in [-0.39, 0.29) is 17.6 Å². The molecule has 0 unspecified atom stereocenters. The first-order valence-corrected chi connectivity index (χ1v) is 4.23. The van der Waals surface area contributed by atoms with E-state index in [1.807, 2.05) is 0 Å². The molecule has 1 heterocycles. The van der Waals surface area contributed by atoms with Crippen LogP contribution in [0.4, 0.5) is 11.5 Å². The molecule has 6 nitrogen and oxygen atoms in total. The summed E-state index contributed by atoms with van der Waals surface area (Å²) in [7, 11) is 0. The number of ether oxygens (including phenoxy) is 1. The molecule has 14 heavy (non-hydrogen) atoms. The van der Waals surface area contributed by atoms with Crippen molar-refractivity contribution in [1.82, 2.24) is 4.98 Å². The molecule has 74 valence electrons. The topological polar surface area (TPSA) is 91.3 Å². The van der Waals surface area contributed by atoms with Crippen LogP contribution >= 0.6 is 0 Å². The highest BCUT2D eigenvalue weighted by Gasteiger charge is 2.25. The molecule has 1 fully saturated rings. The summed E-state index contributed by atoms with van der Waals surface area (Å²) in [5.41, 5.74) is 5.83. The maximum Gasteiger partial charge on any atom is 0.365 e. The van der Waals surface area contributed by atoms with Gasteiger partial charge >= 0.3 is 5.82 Å². The molecule has 2 N–H and O–H groups in total. The van der Waals surface area contributed by atoms with Gasteiger partial charge in [-0.2, -0.15) is 0 Å². The Balaban J connectivity index is 2.21. The third-order valence-electron chi connectivity index (χ3n) is 1.89. The molecule has 2 rings (SSSR count). The van der Waals surface area contributed by atoms with Crippen molar-refractivity contribution in [3.05, 3.63) is 22.4 Å². The maximum atomic E-state index is 10.3. The highest BCUT2D eigenvalue weighted by molar-refractivity contribution is 5.54. The van der Waals surface area contributed by atoms with Gasteiger partial charge in [0.05, 0.1) is 17.9 Å².